The van der Waals surface area contributed by atoms with Crippen LogP contribution in [0.15, 0.2) is 24.3 Å². The van der Waals surface area contributed by atoms with E-state index in [0.29, 0.717) is 13.0 Å². The molecule has 0 unspecified atom stereocenters. The van der Waals surface area contributed by atoms with Gasteiger partial charge in [0.15, 0.2) is 0 Å². The number of nitrogens with zero attached hydrogens (tertiary/aromatic N) is 1. The van der Waals surface area contributed by atoms with Gasteiger partial charge in [0.1, 0.15) is 5.60 Å². The smallest absolute Gasteiger partial charge is 0.223 e. The molecule has 3 nitrogen and oxygen atoms in total. The first-order chi connectivity index (χ1) is 8.11. The molecule has 0 spiro atoms. The number of piperidine rings is 1. The third-order valence-electron chi connectivity index (χ3n) is 4.08. The molecule has 17 heavy (non-hydrogen) atoms. The van der Waals surface area contributed by atoms with Crippen LogP contribution in [0, 0.1) is 6.92 Å². The van der Waals surface area contributed by atoms with Crippen LogP contribution in [0.25, 0.3) is 0 Å². The Morgan fingerprint density at radius 3 is 2.76 bits per heavy atom. The lowest BCUT2D eigenvalue weighted by Gasteiger charge is -2.56. The van der Waals surface area contributed by atoms with E-state index in [1.807, 2.05) is 36.1 Å². The predicted molar refractivity (Wildman–Crippen MR) is 64.4 cm³/mol. The molecule has 3 heteroatoms. The third kappa shape index (κ3) is 1.49. The summed E-state index contributed by atoms with van der Waals surface area (Å²) in [5.41, 5.74) is 1.32. The topological polar surface area (TPSA) is 40.5 Å². The lowest BCUT2D eigenvalue weighted by Crippen LogP contribution is -2.70. The number of fused-ring (bicyclic) bond motifs is 1. The van der Waals surface area contributed by atoms with Crippen LogP contribution >= 0.6 is 0 Å². The van der Waals surface area contributed by atoms with Crippen LogP contribution in [0.5, 0.6) is 0 Å². The van der Waals surface area contributed by atoms with E-state index in [4.69, 9.17) is 0 Å². The van der Waals surface area contributed by atoms with Gasteiger partial charge in [-0.1, -0.05) is 29.8 Å². The zero-order chi connectivity index (χ0) is 12.0. The minimum Gasteiger partial charge on any atom is -0.381 e. The van der Waals surface area contributed by atoms with E-state index < -0.39 is 5.60 Å². The molecule has 3 rings (SSSR count). The van der Waals surface area contributed by atoms with Crippen molar-refractivity contribution in [2.75, 3.05) is 6.54 Å². The summed E-state index contributed by atoms with van der Waals surface area (Å²) in [7, 11) is 0. The van der Waals surface area contributed by atoms with E-state index in [1.54, 1.807) is 0 Å². The highest BCUT2D eigenvalue weighted by atomic mass is 16.3. The number of aryl methyl sites for hydroxylation is 1. The molecule has 1 aromatic rings. The Morgan fingerprint density at radius 1 is 1.35 bits per heavy atom. The van der Waals surface area contributed by atoms with Gasteiger partial charge in [0.25, 0.3) is 0 Å². The van der Waals surface area contributed by atoms with E-state index in [9.17, 15) is 9.90 Å². The summed E-state index contributed by atoms with van der Waals surface area (Å²) in [5, 5.41) is 10.7. The van der Waals surface area contributed by atoms with Gasteiger partial charge in [-0.25, -0.2) is 0 Å². The fourth-order valence-corrected chi connectivity index (χ4v) is 2.99. The number of rotatable bonds is 1. The molecule has 0 radical (unpaired) electrons. The van der Waals surface area contributed by atoms with Crippen molar-refractivity contribution in [1.82, 2.24) is 4.90 Å². The molecule has 0 aromatic heterocycles. The molecule has 90 valence electrons. The van der Waals surface area contributed by atoms with Gasteiger partial charge in [0.05, 0.1) is 12.6 Å². The van der Waals surface area contributed by atoms with Crippen molar-refractivity contribution < 1.29 is 9.90 Å². The molecule has 2 atom stereocenters. The minimum atomic E-state index is -0.816. The van der Waals surface area contributed by atoms with Crippen LogP contribution in [0.1, 0.15) is 30.4 Å². The van der Waals surface area contributed by atoms with E-state index in [2.05, 4.69) is 0 Å². The molecule has 2 aliphatic heterocycles. The summed E-state index contributed by atoms with van der Waals surface area (Å²) < 4.78 is 0. The quantitative estimate of drug-likeness (QED) is 0.797. The fraction of sp³-hybridized carbons (Fsp3) is 0.500. The zero-order valence-corrected chi connectivity index (χ0v) is 10.0. The molecular formula is C14H17NO2. The van der Waals surface area contributed by atoms with Crippen molar-refractivity contribution in [3.63, 3.8) is 0 Å². The summed E-state index contributed by atoms with van der Waals surface area (Å²) in [5.74, 6) is 0.193. The van der Waals surface area contributed by atoms with E-state index in [0.717, 1.165) is 18.4 Å². The van der Waals surface area contributed by atoms with Gasteiger partial charge in [-0.05, 0) is 25.3 Å². The molecular weight excluding hydrogens is 214 g/mol. The van der Waals surface area contributed by atoms with Crippen LogP contribution in [0.2, 0.25) is 0 Å². The molecule has 2 aliphatic rings. The normalized spacial score (nSPS) is 32.0. The van der Waals surface area contributed by atoms with Crippen LogP contribution in [0.3, 0.4) is 0 Å². The highest BCUT2D eigenvalue weighted by molar-refractivity contribution is 5.79. The Bertz CT molecular complexity index is 454. The van der Waals surface area contributed by atoms with Crippen LogP contribution in [-0.2, 0) is 10.4 Å². The van der Waals surface area contributed by atoms with Gasteiger partial charge < -0.3 is 10.0 Å². The van der Waals surface area contributed by atoms with Crippen molar-refractivity contribution in [1.29, 1.82) is 0 Å². The van der Waals surface area contributed by atoms with Crippen molar-refractivity contribution >= 4 is 5.91 Å². The summed E-state index contributed by atoms with van der Waals surface area (Å²) >= 11 is 0. The van der Waals surface area contributed by atoms with Gasteiger partial charge in [0, 0.05) is 6.42 Å². The molecule has 1 aromatic carbocycles. The molecule has 0 aliphatic carbocycles. The number of hydrogen-bond acceptors (Lipinski definition) is 2. The summed E-state index contributed by atoms with van der Waals surface area (Å²) in [4.78, 5) is 13.5. The maximum absolute atomic E-state index is 11.6. The molecule has 0 bridgehead atoms. The summed E-state index contributed by atoms with van der Waals surface area (Å²) in [6.45, 7) is 2.49. The zero-order valence-electron chi connectivity index (χ0n) is 10.0. The maximum atomic E-state index is 11.6. The fourth-order valence-electron chi connectivity index (χ4n) is 2.99. The van der Waals surface area contributed by atoms with Crippen LogP contribution < -0.4 is 0 Å². The first-order valence-corrected chi connectivity index (χ1v) is 6.20. The number of aliphatic hydroxyl groups is 1. The molecule has 2 fully saturated rings. The van der Waals surface area contributed by atoms with Gasteiger partial charge in [-0.3, -0.25) is 4.79 Å². The second kappa shape index (κ2) is 3.57. The Balaban J connectivity index is 1.88. The van der Waals surface area contributed by atoms with Gasteiger partial charge in [-0.15, -0.1) is 0 Å². The molecule has 2 heterocycles. The van der Waals surface area contributed by atoms with Crippen molar-refractivity contribution in [3.8, 4) is 0 Å². The van der Waals surface area contributed by atoms with Gasteiger partial charge in [-0.2, -0.15) is 0 Å². The standard InChI is InChI=1S/C14H17NO2/c1-10-5-7-11(8-6-10)14(17)9-15-12(14)3-2-4-13(15)16/h5-8,12,17H,2-4,9H2,1H3/t12-,14+/m0/s1. The Hall–Kier alpha value is -1.35. The molecule has 2 saturated heterocycles. The second-order valence-electron chi connectivity index (χ2n) is 5.22. The Labute approximate surface area is 101 Å². The monoisotopic (exact) mass is 231 g/mol. The average molecular weight is 231 g/mol. The molecule has 1 amide bonds. The number of benzene rings is 1. The molecule has 1 N–H and O–H groups in total. The third-order valence-corrected chi connectivity index (χ3v) is 4.08. The summed E-state index contributed by atoms with van der Waals surface area (Å²) in [6.07, 6.45) is 2.45. The second-order valence-corrected chi connectivity index (χ2v) is 5.22. The van der Waals surface area contributed by atoms with Crippen LogP contribution in [-0.4, -0.2) is 28.5 Å². The Kier molecular flexibility index (Phi) is 2.26. The van der Waals surface area contributed by atoms with Crippen molar-refractivity contribution in [3.05, 3.63) is 35.4 Å². The maximum Gasteiger partial charge on any atom is 0.223 e. The van der Waals surface area contributed by atoms with Crippen molar-refractivity contribution in [2.45, 2.75) is 37.8 Å². The number of carbonyl (C=O) groups excluding carboxylic acids is 1. The first-order valence-electron chi connectivity index (χ1n) is 6.20. The SMILES string of the molecule is Cc1ccc([C@]2(O)CN3C(=O)CCC[C@H]32)cc1. The number of amides is 1. The number of hydrogen-bond donors (Lipinski definition) is 1. The summed E-state index contributed by atoms with van der Waals surface area (Å²) in [6, 6.07) is 7.98. The first kappa shape index (κ1) is 10.8. The van der Waals surface area contributed by atoms with Crippen LogP contribution in [0.4, 0.5) is 0 Å². The minimum absolute atomic E-state index is 0.00791. The highest BCUT2D eigenvalue weighted by Crippen LogP contribution is 2.43. The van der Waals surface area contributed by atoms with E-state index in [-0.39, 0.29) is 11.9 Å². The van der Waals surface area contributed by atoms with Crippen molar-refractivity contribution in [2.24, 2.45) is 0 Å². The van der Waals surface area contributed by atoms with E-state index >= 15 is 0 Å². The van der Waals surface area contributed by atoms with Gasteiger partial charge >= 0.3 is 0 Å². The number of carbonyl (C=O) groups is 1. The lowest BCUT2D eigenvalue weighted by atomic mass is 9.73. The molecule has 0 saturated carbocycles. The van der Waals surface area contributed by atoms with Gasteiger partial charge in [0.2, 0.25) is 5.91 Å². The Morgan fingerprint density at radius 2 is 2.06 bits per heavy atom. The van der Waals surface area contributed by atoms with E-state index in [1.165, 1.54) is 5.56 Å². The predicted octanol–water partition coefficient (Wildman–Crippen LogP) is 1.58. The lowest BCUT2D eigenvalue weighted by molar-refractivity contribution is -0.189. The average Bonchev–Trinajstić information content (AvgIpc) is 2.31. The largest absolute Gasteiger partial charge is 0.381 e. The highest BCUT2D eigenvalue weighted by Gasteiger charge is 2.55.